The highest BCUT2D eigenvalue weighted by atomic mass is 35.5. The number of amides is 1. The van der Waals surface area contributed by atoms with E-state index in [2.05, 4.69) is 5.32 Å². The van der Waals surface area contributed by atoms with Crippen LogP contribution in [-0.4, -0.2) is 13.0 Å². The normalized spacial score (nSPS) is 11.8. The summed E-state index contributed by atoms with van der Waals surface area (Å²) < 4.78 is 5.24. The lowest BCUT2D eigenvalue weighted by molar-refractivity contribution is -0.122. The number of ether oxygens (including phenoxy) is 1. The summed E-state index contributed by atoms with van der Waals surface area (Å²) >= 11 is 6.13. The van der Waals surface area contributed by atoms with E-state index in [0.29, 0.717) is 10.8 Å². The number of benzene rings is 2. The minimum absolute atomic E-state index is 0.261. The summed E-state index contributed by atoms with van der Waals surface area (Å²) in [6.45, 7) is 0.266. The molecule has 3 N–H and O–H groups in total. The Hall–Kier alpha value is -2.04. The summed E-state index contributed by atoms with van der Waals surface area (Å²) in [4.78, 5) is 12.1. The van der Waals surface area contributed by atoms with Crippen LogP contribution in [0, 0.1) is 0 Å². The average molecular weight is 305 g/mol. The van der Waals surface area contributed by atoms with E-state index in [1.165, 1.54) is 0 Å². The molecule has 0 bridgehead atoms. The molecule has 0 aliphatic carbocycles. The van der Waals surface area contributed by atoms with Crippen LogP contribution in [0.25, 0.3) is 0 Å². The molecule has 0 aliphatic heterocycles. The van der Waals surface area contributed by atoms with Gasteiger partial charge in [0.1, 0.15) is 11.8 Å². The highest BCUT2D eigenvalue weighted by Gasteiger charge is 2.16. The molecule has 1 amide bonds. The van der Waals surface area contributed by atoms with Gasteiger partial charge in [0.15, 0.2) is 0 Å². The van der Waals surface area contributed by atoms with Gasteiger partial charge < -0.3 is 15.8 Å². The van der Waals surface area contributed by atoms with E-state index in [1.54, 1.807) is 25.3 Å². The number of carbonyl (C=O) groups excluding carboxylic acids is 1. The first kappa shape index (κ1) is 15.4. The van der Waals surface area contributed by atoms with Gasteiger partial charge in [-0.25, -0.2) is 0 Å². The minimum atomic E-state index is -0.709. The molecule has 0 unspecified atom stereocenters. The Labute approximate surface area is 128 Å². The summed E-state index contributed by atoms with van der Waals surface area (Å²) in [6, 6.07) is 13.8. The first-order chi connectivity index (χ1) is 10.1. The molecule has 2 rings (SSSR count). The summed E-state index contributed by atoms with van der Waals surface area (Å²) in [5.41, 5.74) is 7.43. The third-order valence-electron chi connectivity index (χ3n) is 3.18. The smallest absolute Gasteiger partial charge is 0.241 e. The molecular formula is C16H17ClN2O2. The maximum Gasteiger partial charge on any atom is 0.241 e. The Bertz CT molecular complexity index is 617. The summed E-state index contributed by atoms with van der Waals surface area (Å²) in [6.07, 6.45) is 0. The Balaban J connectivity index is 2.05. The van der Waals surface area contributed by atoms with Gasteiger partial charge in [-0.1, -0.05) is 48.0 Å². The Morgan fingerprint density at radius 1 is 1.24 bits per heavy atom. The molecule has 2 aromatic carbocycles. The topological polar surface area (TPSA) is 64.3 Å². The number of hydrogen-bond acceptors (Lipinski definition) is 3. The van der Waals surface area contributed by atoms with Crippen LogP contribution in [0.2, 0.25) is 5.02 Å². The van der Waals surface area contributed by atoms with Crippen molar-refractivity contribution in [1.82, 2.24) is 5.32 Å². The number of halogens is 1. The van der Waals surface area contributed by atoms with E-state index in [-0.39, 0.29) is 12.5 Å². The van der Waals surface area contributed by atoms with Crippen molar-refractivity contribution in [3.05, 3.63) is 64.7 Å². The number of nitrogens with two attached hydrogens (primary N) is 1. The van der Waals surface area contributed by atoms with Crippen molar-refractivity contribution in [3.8, 4) is 5.75 Å². The monoisotopic (exact) mass is 304 g/mol. The lowest BCUT2D eigenvalue weighted by atomic mass is 10.1. The summed E-state index contributed by atoms with van der Waals surface area (Å²) in [7, 11) is 1.56. The predicted octanol–water partition coefficient (Wildman–Crippen LogP) is 2.66. The third-order valence-corrected chi connectivity index (χ3v) is 3.53. The van der Waals surface area contributed by atoms with Crippen molar-refractivity contribution in [2.45, 2.75) is 12.6 Å². The Morgan fingerprint density at radius 3 is 2.62 bits per heavy atom. The maximum absolute atomic E-state index is 12.1. The number of methoxy groups -OCH3 is 1. The molecule has 0 spiro atoms. The molecule has 0 radical (unpaired) electrons. The summed E-state index contributed by atoms with van der Waals surface area (Å²) in [5.74, 6) is 0.374. The molecule has 1 atom stereocenters. The molecule has 0 heterocycles. The van der Waals surface area contributed by atoms with Crippen molar-refractivity contribution in [1.29, 1.82) is 0 Å². The van der Waals surface area contributed by atoms with Gasteiger partial charge in [-0.3, -0.25) is 4.79 Å². The standard InChI is InChI=1S/C16H17ClN2O2/c1-21-14-9-5-8-13(17)12(14)10-19-16(20)15(18)11-6-3-2-4-7-11/h2-9,15H,10,18H2,1H3,(H,19,20)/t15-/m0/s1. The van der Waals surface area contributed by atoms with Crippen molar-refractivity contribution in [3.63, 3.8) is 0 Å². The van der Waals surface area contributed by atoms with E-state index in [9.17, 15) is 4.79 Å². The van der Waals surface area contributed by atoms with Crippen LogP contribution in [-0.2, 0) is 11.3 Å². The van der Waals surface area contributed by atoms with E-state index >= 15 is 0 Å². The second-order valence-electron chi connectivity index (χ2n) is 4.53. The van der Waals surface area contributed by atoms with Crippen LogP contribution < -0.4 is 15.8 Å². The van der Waals surface area contributed by atoms with Gasteiger partial charge in [0.25, 0.3) is 0 Å². The number of carbonyl (C=O) groups is 1. The van der Waals surface area contributed by atoms with Gasteiger partial charge in [-0.05, 0) is 17.7 Å². The number of nitrogens with one attached hydrogen (secondary N) is 1. The zero-order valence-electron chi connectivity index (χ0n) is 11.7. The van der Waals surface area contributed by atoms with Gasteiger partial charge in [0.05, 0.1) is 7.11 Å². The fraction of sp³-hybridized carbons (Fsp3) is 0.188. The molecule has 0 fully saturated rings. The lowest BCUT2D eigenvalue weighted by Gasteiger charge is -2.15. The molecule has 2 aromatic rings. The predicted molar refractivity (Wildman–Crippen MR) is 83.2 cm³/mol. The van der Waals surface area contributed by atoms with Crippen LogP contribution in [0.15, 0.2) is 48.5 Å². The molecule has 0 saturated heterocycles. The van der Waals surface area contributed by atoms with Crippen molar-refractivity contribution in [2.24, 2.45) is 5.73 Å². The molecular weight excluding hydrogens is 288 g/mol. The number of rotatable bonds is 5. The van der Waals surface area contributed by atoms with Crippen LogP contribution in [0.1, 0.15) is 17.2 Å². The highest BCUT2D eigenvalue weighted by molar-refractivity contribution is 6.31. The average Bonchev–Trinajstić information content (AvgIpc) is 2.53. The van der Waals surface area contributed by atoms with Gasteiger partial charge in [-0.2, -0.15) is 0 Å². The quantitative estimate of drug-likeness (QED) is 0.892. The third kappa shape index (κ3) is 3.74. The fourth-order valence-corrected chi connectivity index (χ4v) is 2.23. The fourth-order valence-electron chi connectivity index (χ4n) is 2.00. The zero-order valence-corrected chi connectivity index (χ0v) is 12.4. The summed E-state index contributed by atoms with van der Waals surface area (Å²) in [5, 5.41) is 3.33. The molecule has 0 saturated carbocycles. The van der Waals surface area contributed by atoms with Gasteiger partial charge in [-0.15, -0.1) is 0 Å². The van der Waals surface area contributed by atoms with E-state index in [4.69, 9.17) is 22.1 Å². The van der Waals surface area contributed by atoms with E-state index in [1.807, 2.05) is 30.3 Å². The molecule has 0 aromatic heterocycles. The first-order valence-electron chi connectivity index (χ1n) is 6.53. The van der Waals surface area contributed by atoms with E-state index < -0.39 is 6.04 Å². The van der Waals surface area contributed by atoms with Crippen LogP contribution in [0.4, 0.5) is 0 Å². The van der Waals surface area contributed by atoms with Gasteiger partial charge in [0, 0.05) is 17.1 Å². The van der Waals surface area contributed by atoms with Crippen molar-refractivity contribution in [2.75, 3.05) is 7.11 Å². The van der Waals surface area contributed by atoms with Crippen LogP contribution in [0.5, 0.6) is 5.75 Å². The SMILES string of the molecule is COc1cccc(Cl)c1CNC(=O)[C@@H](N)c1ccccc1. The molecule has 0 aliphatic rings. The molecule has 110 valence electrons. The molecule has 5 heteroatoms. The number of hydrogen-bond donors (Lipinski definition) is 2. The first-order valence-corrected chi connectivity index (χ1v) is 6.91. The van der Waals surface area contributed by atoms with Crippen LogP contribution >= 0.6 is 11.6 Å². The van der Waals surface area contributed by atoms with Crippen molar-refractivity contribution < 1.29 is 9.53 Å². The van der Waals surface area contributed by atoms with Crippen molar-refractivity contribution >= 4 is 17.5 Å². The minimum Gasteiger partial charge on any atom is -0.496 e. The van der Waals surface area contributed by atoms with Gasteiger partial charge in [0.2, 0.25) is 5.91 Å². The Morgan fingerprint density at radius 2 is 1.95 bits per heavy atom. The zero-order chi connectivity index (χ0) is 15.2. The van der Waals surface area contributed by atoms with Crippen LogP contribution in [0.3, 0.4) is 0 Å². The maximum atomic E-state index is 12.1. The second-order valence-corrected chi connectivity index (χ2v) is 4.93. The van der Waals surface area contributed by atoms with Gasteiger partial charge >= 0.3 is 0 Å². The second kappa shape index (κ2) is 7.11. The Kier molecular flexibility index (Phi) is 5.20. The highest BCUT2D eigenvalue weighted by Crippen LogP contribution is 2.26. The lowest BCUT2D eigenvalue weighted by Crippen LogP contribution is -2.33. The largest absolute Gasteiger partial charge is 0.496 e. The molecule has 21 heavy (non-hydrogen) atoms. The van der Waals surface area contributed by atoms with E-state index in [0.717, 1.165) is 11.1 Å². The molecule has 4 nitrogen and oxygen atoms in total.